The van der Waals surface area contributed by atoms with Gasteiger partial charge in [0.15, 0.2) is 11.0 Å². The molecule has 2 saturated heterocycles. The Morgan fingerprint density at radius 1 is 1.08 bits per heavy atom. The molecule has 0 aliphatic carbocycles. The molecule has 0 bridgehead atoms. The minimum absolute atomic E-state index is 0.150. The molecule has 0 spiro atoms. The molecule has 2 aliphatic heterocycles. The van der Waals surface area contributed by atoms with Crippen LogP contribution in [0.3, 0.4) is 0 Å². The van der Waals surface area contributed by atoms with E-state index in [9.17, 15) is 0 Å². The monoisotopic (exact) mass is 513 g/mol. The number of likely N-dealkylation sites (N-methyl/N-ethyl adjacent to an activating group) is 1. The second kappa shape index (κ2) is 10.4. The summed E-state index contributed by atoms with van der Waals surface area (Å²) in [5.74, 6) is 0.601. The fraction of sp³-hybridized carbons (Fsp3) is 0.417. The van der Waals surface area contributed by atoms with Gasteiger partial charge in [0.05, 0.1) is 24.6 Å². The Morgan fingerprint density at radius 2 is 1.83 bits per heavy atom. The average molecular weight is 514 g/mol. The number of nitrogens with two attached hydrogens (primary N) is 1. The van der Waals surface area contributed by atoms with Crippen LogP contribution < -0.4 is 20.9 Å². The lowest BCUT2D eigenvalue weighted by molar-refractivity contribution is 0.122. The van der Waals surface area contributed by atoms with Gasteiger partial charge in [-0.05, 0) is 32.6 Å². The molecule has 2 aromatic heterocycles. The Morgan fingerprint density at radius 3 is 2.53 bits per heavy atom. The first-order chi connectivity index (χ1) is 17.4. The highest BCUT2D eigenvalue weighted by atomic mass is 35.5. The normalized spacial score (nSPS) is 18.2. The van der Waals surface area contributed by atoms with E-state index in [0.717, 1.165) is 38.3 Å². The smallest absolute Gasteiger partial charge is 0.225 e. The molecule has 2 aliphatic rings. The van der Waals surface area contributed by atoms with Gasteiger partial charge in [0.25, 0.3) is 0 Å². The van der Waals surface area contributed by atoms with Gasteiger partial charge in [-0.25, -0.2) is 24.3 Å². The summed E-state index contributed by atoms with van der Waals surface area (Å²) in [5, 5.41) is 3.41. The molecule has 36 heavy (non-hydrogen) atoms. The largest absolute Gasteiger partial charge is 0.393 e. The first-order valence-electron chi connectivity index (χ1n) is 11.8. The number of halogens is 2. The minimum Gasteiger partial charge on any atom is -0.393 e. The first-order valence-corrected chi connectivity index (χ1v) is 12.2. The minimum atomic E-state index is -0.361. The fourth-order valence-electron chi connectivity index (χ4n) is 4.52. The number of morpholine rings is 1. The van der Waals surface area contributed by atoms with Crippen molar-refractivity contribution in [1.29, 1.82) is 0 Å². The van der Waals surface area contributed by atoms with Crippen molar-refractivity contribution in [1.82, 2.24) is 24.8 Å². The van der Waals surface area contributed by atoms with Gasteiger partial charge < -0.3 is 30.5 Å². The molecule has 1 aromatic carbocycles. The average Bonchev–Trinajstić information content (AvgIpc) is 3.39. The summed E-state index contributed by atoms with van der Waals surface area (Å²) in [7, 11) is 4.11. The van der Waals surface area contributed by atoms with Crippen molar-refractivity contribution in [2.24, 2.45) is 0 Å². The van der Waals surface area contributed by atoms with E-state index in [4.69, 9.17) is 22.1 Å². The Hall–Kier alpha value is -3.28. The molecule has 3 aromatic rings. The van der Waals surface area contributed by atoms with Crippen molar-refractivity contribution in [3.8, 4) is 11.1 Å². The number of nitrogens with one attached hydrogen (secondary N) is 1. The summed E-state index contributed by atoms with van der Waals surface area (Å²) in [6.45, 7) is 4.30. The van der Waals surface area contributed by atoms with Crippen molar-refractivity contribution in [3.05, 3.63) is 41.8 Å². The van der Waals surface area contributed by atoms with Gasteiger partial charge in [-0.1, -0.05) is 11.6 Å². The molecule has 1 atom stereocenters. The third-order valence-corrected chi connectivity index (χ3v) is 6.95. The molecule has 0 unspecified atom stereocenters. The van der Waals surface area contributed by atoms with Crippen LogP contribution in [-0.4, -0.2) is 84.4 Å². The van der Waals surface area contributed by atoms with E-state index in [1.54, 1.807) is 24.5 Å². The number of ether oxygens (including phenoxy) is 1. The standard InChI is InChI=1S/C24H29ClFN9O/c1-33(2)16-3-4-35(13-16)20-10-18(26)17(9-19(20)32-23-21(27)22(25)30-14-31-23)15-11-28-24(29-12-15)34-5-7-36-8-6-34/h9-12,14,16H,3-8,13,27H2,1-2H3,(H,30,31,32)/t16-/m1/s1. The predicted octanol–water partition coefficient (Wildman–Crippen LogP) is 3.03. The molecule has 5 rings (SSSR count). The van der Waals surface area contributed by atoms with Crippen molar-refractivity contribution >= 4 is 40.4 Å². The van der Waals surface area contributed by atoms with E-state index >= 15 is 4.39 Å². The van der Waals surface area contributed by atoms with E-state index in [1.807, 2.05) is 0 Å². The SMILES string of the molecule is CN(C)[C@@H]1CCN(c2cc(F)c(-c3cnc(N4CCOCC4)nc3)cc2Nc2ncnc(Cl)c2N)C1. The lowest BCUT2D eigenvalue weighted by atomic mass is 10.1. The molecule has 3 N–H and O–H groups in total. The van der Waals surface area contributed by atoms with E-state index in [1.165, 1.54) is 6.33 Å². The Kier molecular flexibility index (Phi) is 7.04. The number of hydrogen-bond acceptors (Lipinski definition) is 10. The third-order valence-electron chi connectivity index (χ3n) is 6.65. The number of rotatable bonds is 6. The van der Waals surface area contributed by atoms with Gasteiger partial charge in [0.2, 0.25) is 5.95 Å². The highest BCUT2D eigenvalue weighted by molar-refractivity contribution is 6.32. The Bertz CT molecular complexity index is 1220. The number of benzene rings is 1. The number of anilines is 5. The van der Waals surface area contributed by atoms with E-state index in [0.29, 0.717) is 47.8 Å². The van der Waals surface area contributed by atoms with Crippen molar-refractivity contribution in [2.45, 2.75) is 12.5 Å². The third kappa shape index (κ3) is 4.99. The van der Waals surface area contributed by atoms with Crippen molar-refractivity contribution < 1.29 is 9.13 Å². The molecular formula is C24H29ClFN9O. The maximum atomic E-state index is 15.5. The zero-order valence-electron chi connectivity index (χ0n) is 20.3. The molecular weight excluding hydrogens is 485 g/mol. The zero-order valence-corrected chi connectivity index (χ0v) is 21.0. The van der Waals surface area contributed by atoms with E-state index in [2.05, 4.69) is 54.0 Å². The van der Waals surface area contributed by atoms with Crippen LogP contribution in [0.15, 0.2) is 30.9 Å². The predicted molar refractivity (Wildman–Crippen MR) is 140 cm³/mol. The molecule has 0 radical (unpaired) electrons. The highest BCUT2D eigenvalue weighted by Gasteiger charge is 2.27. The maximum Gasteiger partial charge on any atom is 0.225 e. The van der Waals surface area contributed by atoms with Crippen LogP contribution in [0.4, 0.5) is 33.2 Å². The summed E-state index contributed by atoms with van der Waals surface area (Å²) in [5.41, 5.74) is 8.66. The van der Waals surface area contributed by atoms with Gasteiger partial charge >= 0.3 is 0 Å². The lowest BCUT2D eigenvalue weighted by Gasteiger charge is -2.27. The Balaban J connectivity index is 1.51. The number of hydrogen-bond donors (Lipinski definition) is 2. The quantitative estimate of drug-likeness (QED) is 0.477. The van der Waals surface area contributed by atoms with Gasteiger partial charge in [-0.2, -0.15) is 0 Å². The van der Waals surface area contributed by atoms with Crippen LogP contribution in [0.2, 0.25) is 5.15 Å². The molecule has 0 saturated carbocycles. The molecule has 190 valence electrons. The molecule has 0 amide bonds. The first kappa shape index (κ1) is 24.4. The summed E-state index contributed by atoms with van der Waals surface area (Å²) in [6.07, 6.45) is 5.61. The second-order valence-corrected chi connectivity index (χ2v) is 9.48. The zero-order chi connectivity index (χ0) is 25.2. The highest BCUT2D eigenvalue weighted by Crippen LogP contribution is 2.38. The summed E-state index contributed by atoms with van der Waals surface area (Å²) in [6, 6.07) is 3.67. The molecule has 2 fully saturated rings. The maximum absolute atomic E-state index is 15.5. The number of nitrogen functional groups attached to an aromatic ring is 1. The fourth-order valence-corrected chi connectivity index (χ4v) is 4.65. The van der Waals surface area contributed by atoms with E-state index < -0.39 is 0 Å². The van der Waals surface area contributed by atoms with Gasteiger partial charge in [0, 0.05) is 55.7 Å². The van der Waals surface area contributed by atoms with Crippen LogP contribution in [0.25, 0.3) is 11.1 Å². The lowest BCUT2D eigenvalue weighted by Crippen LogP contribution is -2.37. The van der Waals surface area contributed by atoms with Crippen molar-refractivity contribution in [2.75, 3.05) is 74.3 Å². The van der Waals surface area contributed by atoms with Crippen LogP contribution in [-0.2, 0) is 4.74 Å². The van der Waals surface area contributed by atoms with Gasteiger partial charge in [-0.3, -0.25) is 0 Å². The van der Waals surface area contributed by atoms with Crippen LogP contribution in [0.5, 0.6) is 0 Å². The van der Waals surface area contributed by atoms with Crippen molar-refractivity contribution in [3.63, 3.8) is 0 Å². The molecule has 12 heteroatoms. The summed E-state index contributed by atoms with van der Waals surface area (Å²) in [4.78, 5) is 23.5. The molecule has 4 heterocycles. The van der Waals surface area contributed by atoms with Crippen LogP contribution >= 0.6 is 11.6 Å². The van der Waals surface area contributed by atoms with Gasteiger partial charge in [0.1, 0.15) is 17.8 Å². The van der Waals surface area contributed by atoms with Gasteiger partial charge in [-0.15, -0.1) is 0 Å². The van der Waals surface area contributed by atoms with E-state index in [-0.39, 0.29) is 16.7 Å². The molecule has 10 nitrogen and oxygen atoms in total. The summed E-state index contributed by atoms with van der Waals surface area (Å²) < 4.78 is 20.9. The van der Waals surface area contributed by atoms with Crippen LogP contribution in [0, 0.1) is 5.82 Å². The number of nitrogens with zero attached hydrogens (tertiary/aromatic N) is 7. The second-order valence-electron chi connectivity index (χ2n) is 9.12. The Labute approximate surface area is 214 Å². The number of aromatic nitrogens is 4. The van der Waals surface area contributed by atoms with Crippen LogP contribution in [0.1, 0.15) is 6.42 Å². The summed E-state index contributed by atoms with van der Waals surface area (Å²) >= 11 is 6.11. The topological polar surface area (TPSA) is 109 Å².